The zero-order chi connectivity index (χ0) is 13.8. The number of thiophene rings is 1. The van der Waals surface area contributed by atoms with Crippen LogP contribution in [0, 0.1) is 0 Å². The molecule has 0 bridgehead atoms. The molecule has 1 aromatic carbocycles. The lowest BCUT2D eigenvalue weighted by atomic mass is 10.3. The van der Waals surface area contributed by atoms with Gasteiger partial charge in [-0.25, -0.2) is 4.79 Å². The van der Waals surface area contributed by atoms with Crippen molar-refractivity contribution in [2.45, 2.75) is 6.54 Å². The third kappa shape index (κ3) is 2.62. The Hall–Kier alpha value is -2.41. The van der Waals surface area contributed by atoms with Crippen molar-refractivity contribution in [1.29, 1.82) is 0 Å². The van der Waals surface area contributed by atoms with Crippen LogP contribution in [0.25, 0.3) is 5.00 Å². The molecule has 3 rings (SSSR count). The first-order chi connectivity index (χ1) is 9.84. The van der Waals surface area contributed by atoms with E-state index >= 15 is 0 Å². The molecule has 0 amide bonds. The lowest BCUT2D eigenvalue weighted by molar-refractivity contribution is 0.287. The second-order valence-electron chi connectivity index (χ2n) is 4.01. The summed E-state index contributed by atoms with van der Waals surface area (Å²) in [6.07, 6.45) is 0. The van der Waals surface area contributed by atoms with Gasteiger partial charge in [0, 0.05) is 0 Å². The second kappa shape index (κ2) is 5.70. The Morgan fingerprint density at radius 1 is 1.10 bits per heavy atom. The van der Waals surface area contributed by atoms with E-state index < -0.39 is 0 Å². The van der Waals surface area contributed by atoms with Gasteiger partial charge in [-0.15, -0.1) is 11.3 Å². The van der Waals surface area contributed by atoms with Crippen LogP contribution in [-0.2, 0) is 6.54 Å². The first-order valence-electron chi connectivity index (χ1n) is 6.09. The molecular weight excluding hydrogens is 276 g/mol. The third-order valence-corrected chi connectivity index (χ3v) is 3.51. The van der Waals surface area contributed by atoms with E-state index in [4.69, 9.17) is 4.74 Å². The van der Waals surface area contributed by atoms with Crippen LogP contribution in [0.3, 0.4) is 0 Å². The summed E-state index contributed by atoms with van der Waals surface area (Å²) in [6, 6.07) is 13.1. The molecule has 0 saturated carbocycles. The predicted molar refractivity (Wildman–Crippen MR) is 75.4 cm³/mol. The summed E-state index contributed by atoms with van der Waals surface area (Å²) in [5.41, 5.74) is -0.260. The molecule has 0 aliphatic heterocycles. The minimum Gasteiger partial charge on any atom is -0.492 e. The van der Waals surface area contributed by atoms with E-state index in [2.05, 4.69) is 10.4 Å². The highest BCUT2D eigenvalue weighted by atomic mass is 32.1. The molecular formula is C13H12N4O2S. The van der Waals surface area contributed by atoms with Crippen LogP contribution in [0.4, 0.5) is 0 Å². The van der Waals surface area contributed by atoms with E-state index in [1.54, 1.807) is 0 Å². The monoisotopic (exact) mass is 288 g/mol. The van der Waals surface area contributed by atoms with Crippen molar-refractivity contribution in [3.8, 4) is 10.8 Å². The Kier molecular flexibility index (Phi) is 3.60. The summed E-state index contributed by atoms with van der Waals surface area (Å²) in [4.78, 5) is 12.1. The van der Waals surface area contributed by atoms with Crippen molar-refractivity contribution in [2.24, 2.45) is 0 Å². The molecule has 2 aromatic heterocycles. The SMILES string of the molecule is O=c1n(CCOc2ccccc2)nnn1-c1cccs1. The summed E-state index contributed by atoms with van der Waals surface area (Å²) < 4.78 is 8.11. The molecule has 0 aliphatic rings. The van der Waals surface area contributed by atoms with Crippen molar-refractivity contribution in [3.63, 3.8) is 0 Å². The van der Waals surface area contributed by atoms with Crippen LogP contribution in [0.2, 0.25) is 0 Å². The van der Waals surface area contributed by atoms with Crippen LogP contribution in [-0.4, -0.2) is 26.4 Å². The zero-order valence-electron chi connectivity index (χ0n) is 10.5. The van der Waals surface area contributed by atoms with Crippen molar-refractivity contribution in [2.75, 3.05) is 6.61 Å². The van der Waals surface area contributed by atoms with Gasteiger partial charge in [-0.2, -0.15) is 9.36 Å². The van der Waals surface area contributed by atoms with E-state index in [-0.39, 0.29) is 5.69 Å². The molecule has 0 fully saturated rings. The number of benzene rings is 1. The minimum atomic E-state index is -0.260. The highest BCUT2D eigenvalue weighted by Gasteiger charge is 2.09. The lowest BCUT2D eigenvalue weighted by Gasteiger charge is -2.04. The van der Waals surface area contributed by atoms with E-state index in [1.165, 1.54) is 20.7 Å². The maximum Gasteiger partial charge on any atom is 0.369 e. The summed E-state index contributed by atoms with van der Waals surface area (Å²) >= 11 is 1.44. The maximum absolute atomic E-state index is 12.1. The molecule has 0 saturated heterocycles. The summed E-state index contributed by atoms with van der Waals surface area (Å²) in [5.74, 6) is 0.770. The summed E-state index contributed by atoms with van der Waals surface area (Å²) in [7, 11) is 0. The number of nitrogens with zero attached hydrogens (tertiary/aromatic N) is 4. The van der Waals surface area contributed by atoms with E-state index in [0.29, 0.717) is 13.2 Å². The molecule has 0 atom stereocenters. The Labute approximate surface area is 118 Å². The van der Waals surface area contributed by atoms with Gasteiger partial charge in [0.2, 0.25) is 0 Å². The fourth-order valence-electron chi connectivity index (χ4n) is 1.71. The van der Waals surface area contributed by atoms with Gasteiger partial charge in [0.05, 0.1) is 6.54 Å². The van der Waals surface area contributed by atoms with E-state index in [0.717, 1.165) is 10.8 Å². The van der Waals surface area contributed by atoms with Crippen LogP contribution < -0.4 is 10.4 Å². The highest BCUT2D eigenvalue weighted by molar-refractivity contribution is 7.12. The van der Waals surface area contributed by atoms with Gasteiger partial charge >= 0.3 is 5.69 Å². The lowest BCUT2D eigenvalue weighted by Crippen LogP contribution is -2.26. The highest BCUT2D eigenvalue weighted by Crippen LogP contribution is 2.10. The van der Waals surface area contributed by atoms with Gasteiger partial charge in [0.15, 0.2) is 0 Å². The standard InChI is InChI=1S/C13H12N4O2S/c18-13-16(8-9-19-11-5-2-1-3-6-11)14-15-17(13)12-7-4-10-20-12/h1-7,10H,8-9H2. The summed E-state index contributed by atoms with van der Waals surface area (Å²) in [6.45, 7) is 0.728. The molecule has 0 spiro atoms. The maximum atomic E-state index is 12.1. The van der Waals surface area contributed by atoms with Crippen LogP contribution in [0.1, 0.15) is 0 Å². The Morgan fingerprint density at radius 3 is 2.70 bits per heavy atom. The normalized spacial score (nSPS) is 10.6. The molecule has 0 N–H and O–H groups in total. The number of hydrogen-bond acceptors (Lipinski definition) is 5. The van der Waals surface area contributed by atoms with Crippen LogP contribution in [0.5, 0.6) is 5.75 Å². The van der Waals surface area contributed by atoms with E-state index in [9.17, 15) is 4.79 Å². The second-order valence-corrected chi connectivity index (χ2v) is 4.94. The van der Waals surface area contributed by atoms with Crippen molar-refractivity contribution < 1.29 is 4.74 Å². The fraction of sp³-hybridized carbons (Fsp3) is 0.154. The molecule has 0 unspecified atom stereocenters. The Balaban J connectivity index is 1.66. The number of para-hydroxylation sites is 1. The van der Waals surface area contributed by atoms with Crippen LogP contribution in [0.15, 0.2) is 52.6 Å². The summed E-state index contributed by atoms with van der Waals surface area (Å²) in [5, 5.41) is 10.3. The average molecular weight is 288 g/mol. The quantitative estimate of drug-likeness (QED) is 0.715. The third-order valence-electron chi connectivity index (χ3n) is 2.67. The molecule has 0 radical (unpaired) electrons. The molecule has 7 heteroatoms. The number of rotatable bonds is 5. The molecule has 3 aromatic rings. The first-order valence-corrected chi connectivity index (χ1v) is 6.97. The molecule has 6 nitrogen and oxygen atoms in total. The number of hydrogen-bond donors (Lipinski definition) is 0. The molecule has 102 valence electrons. The number of aromatic nitrogens is 4. The Morgan fingerprint density at radius 2 is 1.95 bits per heavy atom. The van der Waals surface area contributed by atoms with Crippen LogP contribution >= 0.6 is 11.3 Å². The smallest absolute Gasteiger partial charge is 0.369 e. The fourth-order valence-corrected chi connectivity index (χ4v) is 2.38. The van der Waals surface area contributed by atoms with Crippen molar-refractivity contribution in [3.05, 3.63) is 58.3 Å². The Bertz CT molecular complexity index is 718. The predicted octanol–water partition coefficient (Wildman–Crippen LogP) is 1.57. The number of tetrazole rings is 1. The minimum absolute atomic E-state index is 0.260. The van der Waals surface area contributed by atoms with Gasteiger partial charge < -0.3 is 4.74 Å². The molecule has 20 heavy (non-hydrogen) atoms. The largest absolute Gasteiger partial charge is 0.492 e. The topological polar surface area (TPSA) is 61.9 Å². The molecule has 0 aliphatic carbocycles. The zero-order valence-corrected chi connectivity index (χ0v) is 11.4. The average Bonchev–Trinajstić information content (AvgIpc) is 3.11. The van der Waals surface area contributed by atoms with Gasteiger partial charge in [-0.3, -0.25) is 0 Å². The van der Waals surface area contributed by atoms with Gasteiger partial charge in [0.25, 0.3) is 0 Å². The number of ether oxygens (including phenoxy) is 1. The first kappa shape index (κ1) is 12.6. The van der Waals surface area contributed by atoms with Crippen molar-refractivity contribution in [1.82, 2.24) is 19.8 Å². The van der Waals surface area contributed by atoms with Gasteiger partial charge in [0.1, 0.15) is 17.4 Å². The van der Waals surface area contributed by atoms with Crippen molar-refractivity contribution >= 4 is 11.3 Å². The molecule has 2 heterocycles. The van der Waals surface area contributed by atoms with E-state index in [1.807, 2.05) is 47.8 Å². The van der Waals surface area contributed by atoms with Gasteiger partial charge in [-0.1, -0.05) is 18.2 Å². The van der Waals surface area contributed by atoms with Gasteiger partial charge in [-0.05, 0) is 40.1 Å².